The molecule has 0 saturated heterocycles. The second kappa shape index (κ2) is 9.14. The van der Waals surface area contributed by atoms with Gasteiger partial charge in [0.1, 0.15) is 5.82 Å². The van der Waals surface area contributed by atoms with Gasteiger partial charge in [-0.3, -0.25) is 19.5 Å². The Morgan fingerprint density at radius 3 is 2.50 bits per heavy atom. The molecule has 28 heavy (non-hydrogen) atoms. The molecule has 0 aliphatic carbocycles. The summed E-state index contributed by atoms with van der Waals surface area (Å²) in [6.45, 7) is 2.02. The fraction of sp³-hybridized carbons (Fsp3) is 0.211. The number of nitro benzene ring substituents is 1. The first-order valence-electron chi connectivity index (χ1n) is 8.75. The van der Waals surface area contributed by atoms with Crippen LogP contribution in [0, 0.1) is 10.1 Å². The van der Waals surface area contributed by atoms with E-state index in [2.05, 4.69) is 15.5 Å². The van der Waals surface area contributed by atoms with Gasteiger partial charge in [0.2, 0.25) is 5.91 Å². The van der Waals surface area contributed by atoms with Crippen molar-refractivity contribution in [1.29, 1.82) is 0 Å². The van der Waals surface area contributed by atoms with Gasteiger partial charge in [0.05, 0.1) is 4.92 Å². The van der Waals surface area contributed by atoms with Crippen molar-refractivity contribution < 1.29 is 9.72 Å². The number of carbonyl (C=O) groups excluding carboxylic acids is 1. The smallest absolute Gasteiger partial charge is 0.269 e. The summed E-state index contributed by atoms with van der Waals surface area (Å²) >= 11 is 1.46. The topological polar surface area (TPSA) is 103 Å². The molecular weight excluding hydrogens is 378 g/mol. The fourth-order valence-electron chi connectivity index (χ4n) is 2.58. The van der Waals surface area contributed by atoms with E-state index in [1.54, 1.807) is 0 Å². The number of anilines is 1. The van der Waals surface area contributed by atoms with Gasteiger partial charge in [-0.25, -0.2) is 0 Å². The minimum atomic E-state index is -0.477. The number of nitrogens with one attached hydrogen (secondary N) is 1. The number of hydrogen-bond acceptors (Lipinski definition) is 6. The highest BCUT2D eigenvalue weighted by molar-refractivity contribution is 7.99. The second-order valence-electron chi connectivity index (χ2n) is 5.87. The highest BCUT2D eigenvalue weighted by Gasteiger charge is 2.14. The molecular formula is C19H19N5O3S. The van der Waals surface area contributed by atoms with Crippen LogP contribution in [0.2, 0.25) is 0 Å². The molecule has 1 aromatic heterocycles. The maximum atomic E-state index is 12.1. The lowest BCUT2D eigenvalue weighted by atomic mass is 10.3. The summed E-state index contributed by atoms with van der Waals surface area (Å²) in [6.07, 6.45) is 1.04. The number of thioether (sulfide) groups is 1. The molecule has 3 rings (SSSR count). The number of para-hydroxylation sites is 1. The Kier molecular flexibility index (Phi) is 6.38. The van der Waals surface area contributed by atoms with Crippen molar-refractivity contribution in [3.05, 3.63) is 70.5 Å². The fourth-order valence-corrected chi connectivity index (χ4v) is 3.49. The van der Waals surface area contributed by atoms with Crippen LogP contribution in [0.1, 0.15) is 19.2 Å². The monoisotopic (exact) mass is 397 g/mol. The predicted octanol–water partition coefficient (Wildman–Crippen LogP) is 3.86. The van der Waals surface area contributed by atoms with Crippen molar-refractivity contribution in [2.45, 2.75) is 24.9 Å². The van der Waals surface area contributed by atoms with Crippen molar-refractivity contribution in [3.63, 3.8) is 0 Å². The first kappa shape index (κ1) is 19.6. The van der Waals surface area contributed by atoms with Crippen molar-refractivity contribution >= 4 is 29.0 Å². The summed E-state index contributed by atoms with van der Waals surface area (Å²) in [4.78, 5) is 22.3. The number of aromatic nitrogens is 3. The Morgan fingerprint density at radius 1 is 1.14 bits per heavy atom. The van der Waals surface area contributed by atoms with E-state index in [0.29, 0.717) is 11.4 Å². The highest BCUT2D eigenvalue weighted by atomic mass is 32.2. The first-order chi connectivity index (χ1) is 13.6. The van der Waals surface area contributed by atoms with Crippen LogP contribution in [-0.2, 0) is 11.2 Å². The van der Waals surface area contributed by atoms with Crippen LogP contribution in [0.3, 0.4) is 0 Å². The van der Waals surface area contributed by atoms with Gasteiger partial charge in [-0.15, -0.1) is 10.2 Å². The average molecular weight is 397 g/mol. The summed E-state index contributed by atoms with van der Waals surface area (Å²) in [5.74, 6) is 1.24. The molecule has 1 amide bonds. The van der Waals surface area contributed by atoms with Gasteiger partial charge in [-0.05, 0) is 24.3 Å². The Morgan fingerprint density at radius 2 is 1.86 bits per heavy atom. The van der Waals surface area contributed by atoms with Crippen LogP contribution in [0.15, 0.2) is 59.8 Å². The van der Waals surface area contributed by atoms with E-state index >= 15 is 0 Å². The van der Waals surface area contributed by atoms with Crippen molar-refractivity contribution in [3.8, 4) is 5.69 Å². The Hall–Kier alpha value is -3.20. The predicted molar refractivity (Wildman–Crippen MR) is 108 cm³/mol. The maximum Gasteiger partial charge on any atom is 0.269 e. The summed E-state index contributed by atoms with van der Waals surface area (Å²) in [7, 11) is 0. The molecule has 8 nitrogen and oxygen atoms in total. The summed E-state index contributed by atoms with van der Waals surface area (Å²) in [6, 6.07) is 15.6. The van der Waals surface area contributed by atoms with Crippen molar-refractivity contribution in [2.75, 3.05) is 11.1 Å². The van der Waals surface area contributed by atoms with Crippen LogP contribution in [0.4, 0.5) is 11.4 Å². The molecule has 1 heterocycles. The molecule has 0 radical (unpaired) electrons. The normalized spacial score (nSPS) is 10.6. The third kappa shape index (κ3) is 4.74. The van der Waals surface area contributed by atoms with Gasteiger partial charge in [-0.1, -0.05) is 36.9 Å². The lowest BCUT2D eigenvalue weighted by Gasteiger charge is -2.09. The van der Waals surface area contributed by atoms with E-state index in [-0.39, 0.29) is 18.0 Å². The van der Waals surface area contributed by atoms with Crippen LogP contribution in [-0.4, -0.2) is 31.3 Å². The van der Waals surface area contributed by atoms with Crippen molar-refractivity contribution in [1.82, 2.24) is 14.8 Å². The number of nitro groups is 1. The van der Waals surface area contributed by atoms with E-state index in [9.17, 15) is 14.9 Å². The van der Waals surface area contributed by atoms with Gasteiger partial charge >= 0.3 is 0 Å². The molecule has 3 aromatic rings. The third-order valence-corrected chi connectivity index (χ3v) is 4.88. The average Bonchev–Trinajstić information content (AvgIpc) is 3.12. The van der Waals surface area contributed by atoms with Gasteiger partial charge in [0, 0.05) is 42.1 Å². The summed E-state index contributed by atoms with van der Waals surface area (Å²) < 4.78 is 2.00. The number of benzene rings is 2. The van der Waals surface area contributed by atoms with Crippen molar-refractivity contribution in [2.24, 2.45) is 0 Å². The van der Waals surface area contributed by atoms with E-state index in [1.807, 2.05) is 41.8 Å². The SMILES string of the molecule is CCc1nnc(SCCC(=O)Nc2ccc([N+](=O)[O-])cc2)n1-c1ccccc1. The lowest BCUT2D eigenvalue weighted by Crippen LogP contribution is -2.12. The second-order valence-corrected chi connectivity index (χ2v) is 6.94. The van der Waals surface area contributed by atoms with E-state index in [4.69, 9.17) is 0 Å². The standard InChI is InChI=1S/C19H19N5O3S/c1-2-17-21-22-19(23(17)15-6-4-3-5-7-15)28-13-12-18(25)20-14-8-10-16(11-9-14)24(26)27/h3-11H,2,12-13H2,1H3,(H,20,25). The number of amides is 1. The Labute approximate surface area is 166 Å². The Balaban J connectivity index is 1.58. The first-order valence-corrected chi connectivity index (χ1v) is 9.74. The molecule has 0 saturated carbocycles. The molecule has 0 bridgehead atoms. The molecule has 9 heteroatoms. The zero-order chi connectivity index (χ0) is 19.9. The zero-order valence-corrected chi connectivity index (χ0v) is 16.1. The van der Waals surface area contributed by atoms with E-state index in [1.165, 1.54) is 36.0 Å². The number of hydrogen-bond donors (Lipinski definition) is 1. The molecule has 0 fully saturated rings. The van der Waals surface area contributed by atoms with E-state index in [0.717, 1.165) is 23.1 Å². The van der Waals surface area contributed by atoms with Crippen LogP contribution in [0.5, 0.6) is 0 Å². The molecule has 1 N–H and O–H groups in total. The van der Waals surface area contributed by atoms with Gasteiger partial charge in [-0.2, -0.15) is 0 Å². The molecule has 0 aliphatic heterocycles. The van der Waals surface area contributed by atoms with Gasteiger partial charge < -0.3 is 5.32 Å². The zero-order valence-electron chi connectivity index (χ0n) is 15.2. The maximum absolute atomic E-state index is 12.1. The van der Waals surface area contributed by atoms with Gasteiger partial charge in [0.25, 0.3) is 5.69 Å². The van der Waals surface area contributed by atoms with Gasteiger partial charge in [0.15, 0.2) is 5.16 Å². The van der Waals surface area contributed by atoms with Crippen LogP contribution < -0.4 is 5.32 Å². The highest BCUT2D eigenvalue weighted by Crippen LogP contribution is 2.23. The molecule has 0 spiro atoms. The number of aryl methyl sites for hydroxylation is 1. The quantitative estimate of drug-likeness (QED) is 0.352. The van der Waals surface area contributed by atoms with Crippen LogP contribution >= 0.6 is 11.8 Å². The molecule has 2 aromatic carbocycles. The third-order valence-electron chi connectivity index (χ3n) is 3.95. The minimum absolute atomic E-state index is 0.0134. The molecule has 0 atom stereocenters. The molecule has 0 unspecified atom stereocenters. The minimum Gasteiger partial charge on any atom is -0.326 e. The lowest BCUT2D eigenvalue weighted by molar-refractivity contribution is -0.384. The Bertz CT molecular complexity index is 957. The number of rotatable bonds is 8. The number of nitrogens with zero attached hydrogens (tertiary/aromatic N) is 4. The largest absolute Gasteiger partial charge is 0.326 e. The molecule has 0 aliphatic rings. The summed E-state index contributed by atoms with van der Waals surface area (Å²) in [5.41, 5.74) is 1.50. The summed E-state index contributed by atoms with van der Waals surface area (Å²) in [5, 5.41) is 22.6. The number of carbonyl (C=O) groups is 1. The van der Waals surface area contributed by atoms with Crippen LogP contribution in [0.25, 0.3) is 5.69 Å². The number of non-ortho nitro benzene ring substituents is 1. The molecule has 144 valence electrons. The van der Waals surface area contributed by atoms with E-state index < -0.39 is 4.92 Å².